The van der Waals surface area contributed by atoms with Crippen molar-refractivity contribution < 1.29 is 14.6 Å². The second-order valence-electron chi connectivity index (χ2n) is 6.51. The molecule has 2 heterocycles. The van der Waals surface area contributed by atoms with Gasteiger partial charge in [0.05, 0.1) is 6.10 Å². The minimum Gasteiger partial charge on any atom is -0.444 e. The van der Waals surface area contributed by atoms with E-state index < -0.39 is 5.60 Å². The van der Waals surface area contributed by atoms with Gasteiger partial charge in [-0.05, 0) is 33.6 Å². The van der Waals surface area contributed by atoms with Crippen LogP contribution in [-0.2, 0) is 4.74 Å². The molecule has 1 amide bonds. The first-order valence-electron chi connectivity index (χ1n) is 6.69. The average Bonchev–Trinajstić information content (AvgIpc) is 2.58. The molecule has 5 nitrogen and oxygen atoms in total. The van der Waals surface area contributed by atoms with Crippen molar-refractivity contribution in [1.82, 2.24) is 10.2 Å². The van der Waals surface area contributed by atoms with Crippen LogP contribution in [0.4, 0.5) is 4.79 Å². The highest BCUT2D eigenvalue weighted by Gasteiger charge is 2.46. The molecular formula is C13H24N2O3. The van der Waals surface area contributed by atoms with Gasteiger partial charge < -0.3 is 20.1 Å². The van der Waals surface area contributed by atoms with E-state index in [0.717, 1.165) is 25.9 Å². The molecule has 2 N–H and O–H groups in total. The molecule has 0 aromatic heterocycles. The number of carbonyl (C=O) groups is 1. The van der Waals surface area contributed by atoms with Crippen LogP contribution in [0.1, 0.15) is 33.6 Å². The molecular weight excluding hydrogens is 232 g/mol. The third-order valence-electron chi connectivity index (χ3n) is 3.78. The van der Waals surface area contributed by atoms with Crippen molar-refractivity contribution in [3.05, 3.63) is 0 Å². The van der Waals surface area contributed by atoms with Gasteiger partial charge in [-0.1, -0.05) is 0 Å². The molecule has 5 heteroatoms. The Kier molecular flexibility index (Phi) is 3.56. The second-order valence-corrected chi connectivity index (χ2v) is 6.51. The summed E-state index contributed by atoms with van der Waals surface area (Å²) < 4.78 is 5.40. The summed E-state index contributed by atoms with van der Waals surface area (Å²) in [7, 11) is 0. The van der Waals surface area contributed by atoms with E-state index in [9.17, 15) is 9.90 Å². The number of nitrogens with zero attached hydrogens (tertiary/aromatic N) is 1. The summed E-state index contributed by atoms with van der Waals surface area (Å²) in [6, 6.07) is 0. The van der Waals surface area contributed by atoms with Gasteiger partial charge in [-0.2, -0.15) is 0 Å². The predicted octanol–water partition coefficient (Wildman–Crippen LogP) is 0.968. The van der Waals surface area contributed by atoms with Gasteiger partial charge in [-0.25, -0.2) is 4.79 Å². The summed E-state index contributed by atoms with van der Waals surface area (Å²) in [5.74, 6) is 0. The normalized spacial score (nSPS) is 32.9. The third-order valence-corrected chi connectivity index (χ3v) is 3.78. The smallest absolute Gasteiger partial charge is 0.410 e. The maximum absolute atomic E-state index is 12.1. The quantitative estimate of drug-likeness (QED) is 0.678. The molecule has 0 aromatic carbocycles. The zero-order chi connectivity index (χ0) is 13.4. The number of piperidine rings is 1. The molecule has 0 aromatic rings. The van der Waals surface area contributed by atoms with E-state index in [1.165, 1.54) is 0 Å². The molecule has 2 aliphatic heterocycles. The van der Waals surface area contributed by atoms with Gasteiger partial charge in [0.2, 0.25) is 0 Å². The van der Waals surface area contributed by atoms with E-state index in [1.54, 1.807) is 4.90 Å². The monoisotopic (exact) mass is 256 g/mol. The maximum atomic E-state index is 12.1. The number of hydrogen-bond donors (Lipinski definition) is 2. The molecule has 0 saturated carbocycles. The number of nitrogens with one attached hydrogen (secondary N) is 1. The fourth-order valence-corrected chi connectivity index (χ4v) is 2.85. The van der Waals surface area contributed by atoms with Crippen LogP contribution in [0.15, 0.2) is 0 Å². The Morgan fingerprint density at radius 3 is 2.78 bits per heavy atom. The second kappa shape index (κ2) is 4.70. The highest BCUT2D eigenvalue weighted by Crippen LogP contribution is 2.36. The number of ether oxygens (including phenoxy) is 1. The lowest BCUT2D eigenvalue weighted by atomic mass is 9.77. The van der Waals surface area contributed by atoms with Gasteiger partial charge in [0.15, 0.2) is 0 Å². The van der Waals surface area contributed by atoms with Crippen LogP contribution in [0.2, 0.25) is 0 Å². The molecule has 2 fully saturated rings. The number of likely N-dealkylation sites (tertiary alicyclic amines) is 1. The standard InChI is InChI=1S/C13H24N2O3/c1-12(2,3)18-11(17)15-6-4-5-13(9-15)8-14-7-10(13)16/h10,14,16H,4-9H2,1-3H3/t10-,13?/m0/s1. The van der Waals surface area contributed by atoms with E-state index in [1.807, 2.05) is 20.8 Å². The third kappa shape index (κ3) is 2.78. The molecule has 0 bridgehead atoms. The van der Waals surface area contributed by atoms with E-state index in [4.69, 9.17) is 4.74 Å². The Morgan fingerprint density at radius 2 is 2.22 bits per heavy atom. The highest BCUT2D eigenvalue weighted by atomic mass is 16.6. The van der Waals surface area contributed by atoms with Crippen molar-refractivity contribution in [2.75, 3.05) is 26.2 Å². The van der Waals surface area contributed by atoms with E-state index in [0.29, 0.717) is 13.1 Å². The molecule has 0 radical (unpaired) electrons. The van der Waals surface area contributed by atoms with Gasteiger partial charge in [-0.3, -0.25) is 0 Å². The number of amides is 1. The van der Waals surface area contributed by atoms with Crippen LogP contribution in [-0.4, -0.2) is 54.0 Å². The fourth-order valence-electron chi connectivity index (χ4n) is 2.85. The topological polar surface area (TPSA) is 61.8 Å². The number of hydrogen-bond acceptors (Lipinski definition) is 4. The average molecular weight is 256 g/mol. The minimum absolute atomic E-state index is 0.171. The van der Waals surface area contributed by atoms with Crippen LogP contribution in [0.5, 0.6) is 0 Å². The van der Waals surface area contributed by atoms with Crippen molar-refractivity contribution in [2.24, 2.45) is 5.41 Å². The first kappa shape index (κ1) is 13.6. The van der Waals surface area contributed by atoms with Crippen LogP contribution in [0, 0.1) is 5.41 Å². The SMILES string of the molecule is CC(C)(C)OC(=O)N1CCCC2(CNC[C@@H]2O)C1. The van der Waals surface area contributed by atoms with Gasteiger partial charge in [0, 0.05) is 31.6 Å². The summed E-state index contributed by atoms with van der Waals surface area (Å²) in [6.07, 6.45) is 1.28. The molecule has 2 saturated heterocycles. The van der Waals surface area contributed by atoms with Gasteiger partial charge in [-0.15, -0.1) is 0 Å². The lowest BCUT2D eigenvalue weighted by Gasteiger charge is -2.42. The van der Waals surface area contributed by atoms with Crippen molar-refractivity contribution in [3.8, 4) is 0 Å². The molecule has 1 spiro atoms. The number of β-amino-alcohol motifs (C(OH)–C–C–N with tert-alkyl or cyclic N) is 1. The molecule has 0 aliphatic carbocycles. The van der Waals surface area contributed by atoms with E-state index >= 15 is 0 Å². The van der Waals surface area contributed by atoms with Crippen LogP contribution in [0.25, 0.3) is 0 Å². The lowest BCUT2D eigenvalue weighted by Crippen LogP contribution is -2.52. The number of rotatable bonds is 0. The summed E-state index contributed by atoms with van der Waals surface area (Å²) in [4.78, 5) is 13.8. The minimum atomic E-state index is -0.464. The summed E-state index contributed by atoms with van der Waals surface area (Å²) >= 11 is 0. The fraction of sp³-hybridized carbons (Fsp3) is 0.923. The number of aliphatic hydroxyl groups excluding tert-OH is 1. The zero-order valence-corrected chi connectivity index (χ0v) is 11.5. The van der Waals surface area contributed by atoms with Crippen LogP contribution >= 0.6 is 0 Å². The molecule has 104 valence electrons. The first-order chi connectivity index (χ1) is 8.32. The Balaban J connectivity index is 2.01. The van der Waals surface area contributed by atoms with E-state index in [-0.39, 0.29) is 17.6 Å². The van der Waals surface area contributed by atoms with E-state index in [2.05, 4.69) is 5.32 Å². The van der Waals surface area contributed by atoms with Crippen molar-refractivity contribution in [3.63, 3.8) is 0 Å². The summed E-state index contributed by atoms with van der Waals surface area (Å²) in [6.45, 7) is 8.35. The van der Waals surface area contributed by atoms with Crippen molar-refractivity contribution >= 4 is 6.09 Å². The summed E-state index contributed by atoms with van der Waals surface area (Å²) in [5.41, 5.74) is -0.636. The number of carbonyl (C=O) groups excluding carboxylic acids is 1. The van der Waals surface area contributed by atoms with Crippen LogP contribution < -0.4 is 5.32 Å². The Morgan fingerprint density at radius 1 is 1.50 bits per heavy atom. The van der Waals surface area contributed by atoms with Crippen molar-refractivity contribution in [2.45, 2.75) is 45.3 Å². The van der Waals surface area contributed by atoms with Gasteiger partial charge in [0.1, 0.15) is 5.60 Å². The largest absolute Gasteiger partial charge is 0.444 e. The first-order valence-corrected chi connectivity index (χ1v) is 6.69. The van der Waals surface area contributed by atoms with Gasteiger partial charge in [0.25, 0.3) is 0 Å². The molecule has 2 rings (SSSR count). The molecule has 2 aliphatic rings. The number of aliphatic hydroxyl groups is 1. The molecule has 1 unspecified atom stereocenters. The van der Waals surface area contributed by atoms with Crippen molar-refractivity contribution in [1.29, 1.82) is 0 Å². The lowest BCUT2D eigenvalue weighted by molar-refractivity contribution is -0.0195. The maximum Gasteiger partial charge on any atom is 0.410 e. The Labute approximate surface area is 108 Å². The Bertz CT molecular complexity index is 327. The Hall–Kier alpha value is -0.810. The predicted molar refractivity (Wildman–Crippen MR) is 68.4 cm³/mol. The highest BCUT2D eigenvalue weighted by molar-refractivity contribution is 5.68. The summed E-state index contributed by atoms with van der Waals surface area (Å²) in [5, 5.41) is 13.3. The van der Waals surface area contributed by atoms with Gasteiger partial charge >= 0.3 is 6.09 Å². The molecule has 18 heavy (non-hydrogen) atoms. The van der Waals surface area contributed by atoms with Crippen LogP contribution in [0.3, 0.4) is 0 Å². The zero-order valence-electron chi connectivity index (χ0n) is 11.5. The molecule has 2 atom stereocenters.